The number of ether oxygens (including phenoxy) is 1. The molecule has 2 aromatic heterocycles. The van der Waals surface area contributed by atoms with Crippen LogP contribution in [0.2, 0.25) is 25.7 Å². The molecule has 0 unspecified atom stereocenters. The number of hydrogen-bond acceptors (Lipinski definition) is 2. The van der Waals surface area contributed by atoms with E-state index >= 15 is 0 Å². The van der Waals surface area contributed by atoms with Gasteiger partial charge in [0, 0.05) is 32.5 Å². The SMILES string of the molecule is [B]c1ccnc2c1ccn2COCC[Si](C)(C)C. The Labute approximate surface area is 111 Å². The maximum atomic E-state index is 5.89. The molecule has 3 nitrogen and oxygen atoms in total. The Kier molecular flexibility index (Phi) is 3.92. The number of hydrogen-bond donors (Lipinski definition) is 0. The number of fused-ring (bicyclic) bond motifs is 1. The van der Waals surface area contributed by atoms with Crippen molar-refractivity contribution in [1.82, 2.24) is 9.55 Å². The first-order chi connectivity index (χ1) is 8.47. The lowest BCUT2D eigenvalue weighted by molar-refractivity contribution is 0.0899. The number of rotatable bonds is 5. The lowest BCUT2D eigenvalue weighted by atomic mass is 9.94. The zero-order valence-electron chi connectivity index (χ0n) is 11.3. The average molecular weight is 258 g/mol. The van der Waals surface area contributed by atoms with Crippen LogP contribution in [0.3, 0.4) is 0 Å². The Morgan fingerprint density at radius 3 is 2.83 bits per heavy atom. The first kappa shape index (κ1) is 13.4. The van der Waals surface area contributed by atoms with Gasteiger partial charge in [-0.2, -0.15) is 0 Å². The highest BCUT2D eigenvalue weighted by Crippen LogP contribution is 2.11. The fourth-order valence-corrected chi connectivity index (χ4v) is 2.51. The Hall–Kier alpha value is -1.07. The van der Waals surface area contributed by atoms with Crippen LogP contribution >= 0.6 is 0 Å². The molecule has 0 saturated carbocycles. The summed E-state index contributed by atoms with van der Waals surface area (Å²) in [6, 6.07) is 4.99. The Morgan fingerprint density at radius 2 is 2.11 bits per heavy atom. The Morgan fingerprint density at radius 1 is 1.33 bits per heavy atom. The first-order valence-corrected chi connectivity index (χ1v) is 9.95. The van der Waals surface area contributed by atoms with E-state index in [9.17, 15) is 0 Å². The fraction of sp³-hybridized carbons (Fsp3) is 0.462. The molecule has 0 aromatic carbocycles. The van der Waals surface area contributed by atoms with Crippen LogP contribution in [0.4, 0.5) is 0 Å². The standard InChI is InChI=1S/C13H19BN2OSi/c1-18(2,3)9-8-17-10-16-7-5-11-12(14)4-6-15-13(11)16/h4-7H,8-10H2,1-3H3. The van der Waals surface area contributed by atoms with E-state index in [2.05, 4.69) is 24.6 Å². The van der Waals surface area contributed by atoms with E-state index in [0.717, 1.165) is 23.1 Å². The summed E-state index contributed by atoms with van der Waals surface area (Å²) in [5, 5.41) is 0.992. The van der Waals surface area contributed by atoms with E-state index in [0.29, 0.717) is 6.73 Å². The maximum Gasteiger partial charge on any atom is 0.141 e. The smallest absolute Gasteiger partial charge is 0.141 e. The molecule has 18 heavy (non-hydrogen) atoms. The summed E-state index contributed by atoms with van der Waals surface area (Å²) in [7, 11) is 4.88. The average Bonchev–Trinajstić information content (AvgIpc) is 2.68. The van der Waals surface area contributed by atoms with Crippen LogP contribution in [0, 0.1) is 0 Å². The van der Waals surface area contributed by atoms with Crippen molar-refractivity contribution >= 4 is 32.4 Å². The molecule has 0 N–H and O–H groups in total. The normalized spacial score (nSPS) is 12.2. The molecular formula is C13H19BN2OSi. The van der Waals surface area contributed by atoms with Gasteiger partial charge in [-0.25, -0.2) is 4.98 Å². The third kappa shape index (κ3) is 3.23. The molecular weight excluding hydrogens is 239 g/mol. The van der Waals surface area contributed by atoms with Gasteiger partial charge >= 0.3 is 0 Å². The van der Waals surface area contributed by atoms with E-state index in [1.165, 1.54) is 6.04 Å². The maximum absolute atomic E-state index is 5.89. The van der Waals surface area contributed by atoms with E-state index in [1.807, 2.05) is 22.9 Å². The number of nitrogens with zero attached hydrogens (tertiary/aromatic N) is 2. The summed E-state index contributed by atoms with van der Waals surface area (Å²) in [5.74, 6) is 0. The van der Waals surface area contributed by atoms with Gasteiger partial charge in [-0.05, 0) is 12.1 Å². The third-order valence-electron chi connectivity index (χ3n) is 2.92. The molecule has 2 rings (SSSR count). The van der Waals surface area contributed by atoms with Crippen molar-refractivity contribution in [3.05, 3.63) is 24.5 Å². The summed E-state index contributed by atoms with van der Waals surface area (Å²) in [4.78, 5) is 4.34. The van der Waals surface area contributed by atoms with E-state index in [-0.39, 0.29) is 0 Å². The molecule has 94 valence electrons. The second-order valence-electron chi connectivity index (χ2n) is 5.77. The molecule has 0 aliphatic carbocycles. The molecule has 2 aromatic rings. The minimum atomic E-state index is -1.01. The van der Waals surface area contributed by atoms with Crippen molar-refractivity contribution < 1.29 is 4.74 Å². The van der Waals surface area contributed by atoms with Crippen LogP contribution in [-0.4, -0.2) is 32.1 Å². The lowest BCUT2D eigenvalue weighted by Gasteiger charge is -2.15. The quantitative estimate of drug-likeness (QED) is 0.607. The summed E-state index contributed by atoms with van der Waals surface area (Å²) in [5.41, 5.74) is 1.66. The van der Waals surface area contributed by atoms with Gasteiger partial charge in [-0.1, -0.05) is 31.2 Å². The second kappa shape index (κ2) is 5.28. The molecule has 0 aliphatic heterocycles. The fourth-order valence-electron chi connectivity index (χ4n) is 1.76. The highest BCUT2D eigenvalue weighted by Gasteiger charge is 2.12. The van der Waals surface area contributed by atoms with Crippen molar-refractivity contribution in [3.8, 4) is 0 Å². The van der Waals surface area contributed by atoms with Crippen LogP contribution in [0.5, 0.6) is 0 Å². The van der Waals surface area contributed by atoms with E-state index < -0.39 is 8.07 Å². The van der Waals surface area contributed by atoms with Gasteiger partial charge in [0.15, 0.2) is 0 Å². The van der Waals surface area contributed by atoms with E-state index in [4.69, 9.17) is 12.6 Å². The van der Waals surface area contributed by atoms with Crippen LogP contribution in [0.15, 0.2) is 24.5 Å². The predicted molar refractivity (Wildman–Crippen MR) is 79.2 cm³/mol. The second-order valence-corrected chi connectivity index (χ2v) is 11.4. The summed E-state index contributed by atoms with van der Waals surface area (Å²) >= 11 is 0. The van der Waals surface area contributed by atoms with Crippen molar-refractivity contribution in [1.29, 1.82) is 0 Å². The van der Waals surface area contributed by atoms with Gasteiger partial charge in [0.25, 0.3) is 0 Å². The van der Waals surface area contributed by atoms with Crippen LogP contribution < -0.4 is 5.46 Å². The number of pyridine rings is 1. The minimum Gasteiger partial charge on any atom is -0.361 e. The monoisotopic (exact) mass is 258 g/mol. The van der Waals surface area contributed by atoms with Crippen molar-refractivity contribution in [3.63, 3.8) is 0 Å². The summed E-state index contributed by atoms with van der Waals surface area (Å²) in [6.07, 6.45) is 3.71. The van der Waals surface area contributed by atoms with Crippen LogP contribution in [0.1, 0.15) is 0 Å². The van der Waals surface area contributed by atoms with Crippen molar-refractivity contribution in [2.45, 2.75) is 32.4 Å². The topological polar surface area (TPSA) is 27.1 Å². The first-order valence-electron chi connectivity index (χ1n) is 6.24. The van der Waals surface area contributed by atoms with Gasteiger partial charge in [-0.15, -0.1) is 0 Å². The van der Waals surface area contributed by atoms with Gasteiger partial charge in [-0.3, -0.25) is 0 Å². The largest absolute Gasteiger partial charge is 0.361 e. The molecule has 0 saturated heterocycles. The van der Waals surface area contributed by atoms with Crippen LogP contribution in [0.25, 0.3) is 11.0 Å². The molecule has 5 heteroatoms. The van der Waals surface area contributed by atoms with E-state index in [1.54, 1.807) is 6.20 Å². The van der Waals surface area contributed by atoms with Gasteiger partial charge in [0.05, 0.1) is 0 Å². The zero-order valence-corrected chi connectivity index (χ0v) is 12.3. The Balaban J connectivity index is 1.98. The molecule has 0 bridgehead atoms. The number of aromatic nitrogens is 2. The van der Waals surface area contributed by atoms with Gasteiger partial charge in [0.1, 0.15) is 20.2 Å². The van der Waals surface area contributed by atoms with Gasteiger partial charge < -0.3 is 9.30 Å². The Bertz CT molecular complexity index is 533. The van der Waals surface area contributed by atoms with Crippen molar-refractivity contribution in [2.75, 3.05) is 6.61 Å². The minimum absolute atomic E-state index is 0.546. The molecule has 2 radical (unpaired) electrons. The van der Waals surface area contributed by atoms with Gasteiger partial charge in [0.2, 0.25) is 0 Å². The van der Waals surface area contributed by atoms with Crippen LogP contribution in [-0.2, 0) is 11.5 Å². The molecule has 0 amide bonds. The predicted octanol–water partition coefficient (Wildman–Crippen LogP) is 2.14. The van der Waals surface area contributed by atoms with Crippen molar-refractivity contribution in [2.24, 2.45) is 0 Å². The highest BCUT2D eigenvalue weighted by molar-refractivity contribution is 6.76. The zero-order chi connectivity index (χ0) is 13.2. The lowest BCUT2D eigenvalue weighted by Crippen LogP contribution is -2.22. The third-order valence-corrected chi connectivity index (χ3v) is 4.63. The molecule has 2 heterocycles. The summed E-state index contributed by atoms with van der Waals surface area (Å²) < 4.78 is 7.71. The highest BCUT2D eigenvalue weighted by atomic mass is 28.3. The summed E-state index contributed by atoms with van der Waals surface area (Å²) in [6.45, 7) is 8.42. The molecule has 0 fully saturated rings. The molecule has 0 spiro atoms. The molecule has 0 atom stereocenters. The molecule has 0 aliphatic rings.